The minimum Gasteiger partial charge on any atom is -0.370 e. The van der Waals surface area contributed by atoms with E-state index in [1.54, 1.807) is 12.6 Å². The van der Waals surface area contributed by atoms with Crippen LogP contribution in [-0.2, 0) is 17.2 Å². The first-order chi connectivity index (χ1) is 9.08. The normalized spacial score (nSPS) is 13.9. The summed E-state index contributed by atoms with van der Waals surface area (Å²) in [4.78, 5) is 8.60. The van der Waals surface area contributed by atoms with Gasteiger partial charge in [0.1, 0.15) is 18.0 Å². The molecule has 0 bridgehead atoms. The maximum atomic E-state index is 11.2. The van der Waals surface area contributed by atoms with Crippen LogP contribution in [0.5, 0.6) is 0 Å². The van der Waals surface area contributed by atoms with Crippen molar-refractivity contribution < 1.29 is 4.21 Å². The van der Waals surface area contributed by atoms with Crippen LogP contribution in [0.4, 0.5) is 11.6 Å². The molecule has 0 radical (unpaired) electrons. The molecular weight excluding hydrogens is 260 g/mol. The molecule has 0 saturated carbocycles. The third-order valence-electron chi connectivity index (χ3n) is 2.71. The van der Waals surface area contributed by atoms with Gasteiger partial charge in [0.05, 0.1) is 0 Å². The Bertz CT molecular complexity index is 425. The molecule has 19 heavy (non-hydrogen) atoms. The minimum atomic E-state index is -0.810. The molecule has 2 atom stereocenters. The summed E-state index contributed by atoms with van der Waals surface area (Å²) in [7, 11) is -0.810. The number of hydrogen-bond acceptors (Lipinski definition) is 5. The molecule has 6 heteroatoms. The van der Waals surface area contributed by atoms with Gasteiger partial charge in [-0.05, 0) is 19.8 Å². The van der Waals surface area contributed by atoms with Crippen LogP contribution in [0.3, 0.4) is 0 Å². The van der Waals surface area contributed by atoms with Gasteiger partial charge in [-0.1, -0.05) is 13.8 Å². The predicted octanol–water partition coefficient (Wildman–Crippen LogP) is 2.04. The van der Waals surface area contributed by atoms with Gasteiger partial charge in [0, 0.05) is 41.0 Å². The van der Waals surface area contributed by atoms with Crippen LogP contribution in [0.15, 0.2) is 6.33 Å². The van der Waals surface area contributed by atoms with E-state index in [1.165, 1.54) is 0 Å². The molecule has 0 spiro atoms. The number of aromatic nitrogens is 2. The van der Waals surface area contributed by atoms with Crippen molar-refractivity contribution in [1.29, 1.82) is 0 Å². The maximum Gasteiger partial charge on any atom is 0.134 e. The molecule has 108 valence electrons. The molecule has 0 aliphatic carbocycles. The summed E-state index contributed by atoms with van der Waals surface area (Å²) in [6.45, 7) is 7.13. The van der Waals surface area contributed by atoms with Gasteiger partial charge in [-0.15, -0.1) is 0 Å². The summed E-state index contributed by atoms with van der Waals surface area (Å²) < 4.78 is 11.2. The van der Waals surface area contributed by atoms with E-state index < -0.39 is 10.8 Å². The molecule has 1 aromatic heterocycles. The Balaban J connectivity index is 2.84. The van der Waals surface area contributed by atoms with Crippen molar-refractivity contribution >= 4 is 22.4 Å². The van der Waals surface area contributed by atoms with Crippen LogP contribution >= 0.6 is 0 Å². The highest BCUT2D eigenvalue weighted by Crippen LogP contribution is 2.21. The fourth-order valence-corrected chi connectivity index (χ4v) is 2.68. The van der Waals surface area contributed by atoms with Crippen molar-refractivity contribution in [3.8, 4) is 0 Å². The third-order valence-corrected chi connectivity index (χ3v) is 3.68. The molecule has 1 aromatic rings. The molecule has 5 nitrogen and oxygen atoms in total. The number of anilines is 2. The number of hydrogen-bond donors (Lipinski definition) is 2. The highest BCUT2D eigenvalue weighted by atomic mass is 32.2. The van der Waals surface area contributed by atoms with Crippen molar-refractivity contribution in [2.75, 3.05) is 29.2 Å². The van der Waals surface area contributed by atoms with Crippen LogP contribution in [0.1, 0.15) is 32.8 Å². The molecule has 0 aliphatic rings. The highest BCUT2D eigenvalue weighted by Gasteiger charge is 2.12. The Morgan fingerprint density at radius 2 is 2.00 bits per heavy atom. The SMILES string of the molecule is CCCNc1ncnc(NC(C)CS(C)=O)c1CC. The second kappa shape index (κ2) is 8.09. The Labute approximate surface area is 118 Å². The molecule has 2 N–H and O–H groups in total. The molecule has 0 fully saturated rings. The smallest absolute Gasteiger partial charge is 0.134 e. The van der Waals surface area contributed by atoms with E-state index in [0.29, 0.717) is 5.75 Å². The van der Waals surface area contributed by atoms with Crippen LogP contribution in [0, 0.1) is 0 Å². The quantitative estimate of drug-likeness (QED) is 0.764. The zero-order valence-electron chi connectivity index (χ0n) is 12.2. The standard InChI is InChI=1S/C13H24N4OS/c1-5-7-14-12-11(6-2)13(16-9-15-12)17-10(3)8-19(4)18/h9-10H,5-8H2,1-4H3,(H2,14,15,16,17). The molecule has 0 saturated heterocycles. The van der Waals surface area contributed by atoms with Crippen molar-refractivity contribution in [1.82, 2.24) is 9.97 Å². The van der Waals surface area contributed by atoms with Crippen LogP contribution in [0.25, 0.3) is 0 Å². The van der Waals surface area contributed by atoms with Gasteiger partial charge in [0.25, 0.3) is 0 Å². The predicted molar refractivity (Wildman–Crippen MR) is 82.2 cm³/mol. The van der Waals surface area contributed by atoms with E-state index in [1.807, 2.05) is 6.92 Å². The monoisotopic (exact) mass is 284 g/mol. The average Bonchev–Trinajstić information content (AvgIpc) is 2.35. The fourth-order valence-electron chi connectivity index (χ4n) is 1.89. The zero-order chi connectivity index (χ0) is 14.3. The Morgan fingerprint density at radius 3 is 2.58 bits per heavy atom. The van der Waals surface area contributed by atoms with Gasteiger partial charge < -0.3 is 10.6 Å². The van der Waals surface area contributed by atoms with Gasteiger partial charge in [0.2, 0.25) is 0 Å². The van der Waals surface area contributed by atoms with Gasteiger partial charge in [-0.2, -0.15) is 0 Å². The summed E-state index contributed by atoms with van der Waals surface area (Å²) in [5.41, 5.74) is 1.09. The van der Waals surface area contributed by atoms with Crippen LogP contribution in [0.2, 0.25) is 0 Å². The summed E-state index contributed by atoms with van der Waals surface area (Å²) in [5, 5.41) is 6.64. The summed E-state index contributed by atoms with van der Waals surface area (Å²) in [6, 6.07) is 0.130. The first-order valence-corrected chi connectivity index (χ1v) is 8.45. The van der Waals surface area contributed by atoms with E-state index in [4.69, 9.17) is 0 Å². The molecule has 1 heterocycles. The Hall–Kier alpha value is -1.17. The van der Waals surface area contributed by atoms with Crippen molar-refractivity contribution in [2.45, 2.75) is 39.7 Å². The Kier molecular flexibility index (Phi) is 6.77. The fraction of sp³-hybridized carbons (Fsp3) is 0.692. The maximum absolute atomic E-state index is 11.2. The molecule has 1 rings (SSSR count). The summed E-state index contributed by atoms with van der Waals surface area (Å²) in [5.74, 6) is 2.35. The van der Waals surface area contributed by atoms with Gasteiger partial charge in [-0.3, -0.25) is 4.21 Å². The van der Waals surface area contributed by atoms with Crippen molar-refractivity contribution in [3.05, 3.63) is 11.9 Å². The lowest BCUT2D eigenvalue weighted by atomic mass is 10.2. The number of nitrogens with zero attached hydrogens (tertiary/aromatic N) is 2. The molecule has 0 amide bonds. The largest absolute Gasteiger partial charge is 0.370 e. The van der Waals surface area contributed by atoms with Crippen molar-refractivity contribution in [3.63, 3.8) is 0 Å². The zero-order valence-corrected chi connectivity index (χ0v) is 13.0. The number of rotatable bonds is 8. The topological polar surface area (TPSA) is 66.9 Å². The van der Waals surface area contributed by atoms with Crippen molar-refractivity contribution in [2.24, 2.45) is 0 Å². The molecule has 0 aromatic carbocycles. The van der Waals surface area contributed by atoms with E-state index >= 15 is 0 Å². The molecular formula is C13H24N4OS. The minimum absolute atomic E-state index is 0.130. The highest BCUT2D eigenvalue weighted by molar-refractivity contribution is 7.84. The van der Waals surface area contributed by atoms with E-state index in [9.17, 15) is 4.21 Å². The third kappa shape index (κ3) is 5.14. The van der Waals surface area contributed by atoms with Gasteiger partial charge in [0.15, 0.2) is 0 Å². The molecule has 2 unspecified atom stereocenters. The van der Waals surface area contributed by atoms with Gasteiger partial charge >= 0.3 is 0 Å². The lowest BCUT2D eigenvalue weighted by molar-refractivity contribution is 0.682. The van der Waals surface area contributed by atoms with E-state index in [2.05, 4.69) is 34.4 Å². The summed E-state index contributed by atoms with van der Waals surface area (Å²) in [6.07, 6.45) is 5.19. The average molecular weight is 284 g/mol. The second-order valence-corrected chi connectivity index (χ2v) is 6.09. The Morgan fingerprint density at radius 1 is 1.32 bits per heavy atom. The molecule has 0 aliphatic heterocycles. The van der Waals surface area contributed by atoms with Gasteiger partial charge in [-0.25, -0.2) is 9.97 Å². The number of nitrogens with one attached hydrogen (secondary N) is 2. The lowest BCUT2D eigenvalue weighted by Gasteiger charge is -2.17. The lowest BCUT2D eigenvalue weighted by Crippen LogP contribution is -2.24. The van der Waals surface area contributed by atoms with E-state index in [-0.39, 0.29) is 6.04 Å². The van der Waals surface area contributed by atoms with Crippen LogP contribution in [-0.4, -0.2) is 38.8 Å². The first-order valence-electron chi connectivity index (χ1n) is 6.72. The second-order valence-electron chi connectivity index (χ2n) is 4.62. The van der Waals surface area contributed by atoms with E-state index in [0.717, 1.165) is 36.6 Å². The van der Waals surface area contributed by atoms with Crippen LogP contribution < -0.4 is 10.6 Å². The first kappa shape index (κ1) is 15.9. The summed E-state index contributed by atoms with van der Waals surface area (Å²) >= 11 is 0.